The molecule has 0 N–H and O–H groups in total. The van der Waals surface area contributed by atoms with Gasteiger partial charge in [-0.25, -0.2) is 0 Å². The molecular formula is C7H12N2O. The highest BCUT2D eigenvalue weighted by atomic mass is 16.7. The van der Waals surface area contributed by atoms with E-state index < -0.39 is 0 Å². The van der Waals surface area contributed by atoms with E-state index in [1.807, 2.05) is 6.92 Å². The first-order chi connectivity index (χ1) is 4.77. The predicted octanol–water partition coefficient (Wildman–Crippen LogP) is 0.924. The first kappa shape index (κ1) is 7.52. The van der Waals surface area contributed by atoms with Gasteiger partial charge in [-0.3, -0.25) is 4.84 Å². The molecule has 0 aliphatic carbocycles. The van der Waals surface area contributed by atoms with Gasteiger partial charge in [-0.2, -0.15) is 10.3 Å². The molecule has 1 heterocycles. The Labute approximate surface area is 61.1 Å². The van der Waals surface area contributed by atoms with Crippen molar-refractivity contribution in [3.8, 4) is 6.07 Å². The van der Waals surface area contributed by atoms with E-state index in [1.165, 1.54) is 0 Å². The van der Waals surface area contributed by atoms with E-state index in [2.05, 4.69) is 13.0 Å². The smallest absolute Gasteiger partial charge is 0.137 e. The quantitative estimate of drug-likeness (QED) is 0.547. The van der Waals surface area contributed by atoms with Crippen LogP contribution >= 0.6 is 0 Å². The van der Waals surface area contributed by atoms with Crippen LogP contribution in [0.1, 0.15) is 20.3 Å². The summed E-state index contributed by atoms with van der Waals surface area (Å²) in [5, 5.41) is 10.1. The Morgan fingerprint density at radius 1 is 1.90 bits per heavy atom. The number of hydroxylamine groups is 2. The molecule has 0 aromatic heterocycles. The topological polar surface area (TPSA) is 36.0 Å². The normalized spacial score (nSPS) is 32.9. The zero-order valence-corrected chi connectivity index (χ0v) is 6.37. The van der Waals surface area contributed by atoms with Gasteiger partial charge in [0.2, 0.25) is 0 Å². The van der Waals surface area contributed by atoms with Gasteiger partial charge in [-0.15, -0.1) is 0 Å². The maximum absolute atomic E-state index is 8.39. The van der Waals surface area contributed by atoms with Gasteiger partial charge in [0.15, 0.2) is 0 Å². The zero-order valence-electron chi connectivity index (χ0n) is 6.37. The van der Waals surface area contributed by atoms with Crippen LogP contribution in [0.5, 0.6) is 0 Å². The molecule has 0 radical (unpaired) electrons. The second-order valence-electron chi connectivity index (χ2n) is 2.57. The molecule has 0 amide bonds. The minimum Gasteiger partial charge on any atom is -0.295 e. The minimum atomic E-state index is 0.0222. The van der Waals surface area contributed by atoms with Crippen LogP contribution in [0.15, 0.2) is 0 Å². The van der Waals surface area contributed by atoms with Gasteiger partial charge in [-0.05, 0) is 13.3 Å². The van der Waals surface area contributed by atoms with Crippen molar-refractivity contribution >= 4 is 0 Å². The number of rotatable bonds is 3. The number of nitrogens with zero attached hydrogens (tertiary/aromatic N) is 2. The van der Waals surface area contributed by atoms with Crippen molar-refractivity contribution in [2.24, 2.45) is 0 Å². The second kappa shape index (κ2) is 3.00. The molecule has 1 aliphatic heterocycles. The lowest BCUT2D eigenvalue weighted by Gasteiger charge is -2.08. The summed E-state index contributed by atoms with van der Waals surface area (Å²) in [5.41, 5.74) is 0. The summed E-state index contributed by atoms with van der Waals surface area (Å²) in [6.07, 6.45) is 1.24. The predicted molar refractivity (Wildman–Crippen MR) is 36.9 cm³/mol. The lowest BCUT2D eigenvalue weighted by molar-refractivity contribution is -0.115. The molecule has 56 valence electrons. The standard InChI is InChI=1S/C7H12N2O/c1-3-6(2)10-9-5-7(9)4-8/h6-7H,3,5H2,1-2H3. The molecule has 1 saturated heterocycles. The van der Waals surface area contributed by atoms with Crippen LogP contribution in [-0.2, 0) is 4.84 Å². The lowest BCUT2D eigenvalue weighted by atomic mass is 10.3. The Hall–Kier alpha value is -0.590. The molecule has 1 rings (SSSR count). The first-order valence-corrected chi connectivity index (χ1v) is 3.61. The summed E-state index contributed by atoms with van der Waals surface area (Å²) in [5.74, 6) is 0. The fourth-order valence-corrected chi connectivity index (χ4v) is 0.651. The van der Waals surface area contributed by atoms with E-state index in [4.69, 9.17) is 10.1 Å². The van der Waals surface area contributed by atoms with Crippen LogP contribution in [0.4, 0.5) is 0 Å². The van der Waals surface area contributed by atoms with Crippen molar-refractivity contribution in [1.29, 1.82) is 5.26 Å². The average molecular weight is 140 g/mol. The van der Waals surface area contributed by atoms with E-state index in [1.54, 1.807) is 5.06 Å². The Balaban J connectivity index is 2.13. The summed E-state index contributed by atoms with van der Waals surface area (Å²) in [7, 11) is 0. The molecule has 0 aromatic carbocycles. The Kier molecular flexibility index (Phi) is 2.25. The molecule has 3 unspecified atom stereocenters. The van der Waals surface area contributed by atoms with Gasteiger partial charge >= 0.3 is 0 Å². The molecule has 0 saturated carbocycles. The van der Waals surface area contributed by atoms with Crippen LogP contribution in [0, 0.1) is 11.3 Å². The van der Waals surface area contributed by atoms with Crippen molar-refractivity contribution in [3.05, 3.63) is 0 Å². The van der Waals surface area contributed by atoms with Crippen molar-refractivity contribution < 1.29 is 4.84 Å². The van der Waals surface area contributed by atoms with E-state index >= 15 is 0 Å². The van der Waals surface area contributed by atoms with Crippen molar-refractivity contribution in [2.75, 3.05) is 6.54 Å². The molecule has 0 spiro atoms. The second-order valence-corrected chi connectivity index (χ2v) is 2.57. The van der Waals surface area contributed by atoms with E-state index in [0.29, 0.717) is 0 Å². The van der Waals surface area contributed by atoms with Crippen molar-refractivity contribution in [1.82, 2.24) is 5.06 Å². The monoisotopic (exact) mass is 140 g/mol. The molecule has 3 atom stereocenters. The third-order valence-electron chi connectivity index (χ3n) is 1.61. The summed E-state index contributed by atoms with van der Waals surface area (Å²) >= 11 is 0. The van der Waals surface area contributed by atoms with Gasteiger partial charge < -0.3 is 0 Å². The van der Waals surface area contributed by atoms with Gasteiger partial charge in [0.1, 0.15) is 6.04 Å². The minimum absolute atomic E-state index is 0.0222. The van der Waals surface area contributed by atoms with E-state index in [-0.39, 0.29) is 12.1 Å². The molecule has 10 heavy (non-hydrogen) atoms. The summed E-state index contributed by atoms with van der Waals surface area (Å²) in [4.78, 5) is 5.32. The van der Waals surface area contributed by atoms with Gasteiger partial charge in [0.25, 0.3) is 0 Å². The molecule has 0 aromatic rings. The third kappa shape index (κ3) is 1.69. The SMILES string of the molecule is CCC(C)ON1CC1C#N. The van der Waals surface area contributed by atoms with Crippen LogP contribution in [0.25, 0.3) is 0 Å². The third-order valence-corrected chi connectivity index (χ3v) is 1.61. The molecule has 1 aliphatic rings. The molecular weight excluding hydrogens is 128 g/mol. The molecule has 3 nitrogen and oxygen atoms in total. The van der Waals surface area contributed by atoms with Gasteiger partial charge in [0, 0.05) is 0 Å². The van der Waals surface area contributed by atoms with E-state index in [9.17, 15) is 0 Å². The molecule has 3 heteroatoms. The van der Waals surface area contributed by atoms with Crippen LogP contribution < -0.4 is 0 Å². The Morgan fingerprint density at radius 2 is 2.60 bits per heavy atom. The van der Waals surface area contributed by atoms with Crippen LogP contribution in [0.3, 0.4) is 0 Å². The first-order valence-electron chi connectivity index (χ1n) is 3.61. The average Bonchev–Trinajstić information content (AvgIpc) is 2.67. The number of hydrogen-bond acceptors (Lipinski definition) is 3. The van der Waals surface area contributed by atoms with Crippen molar-refractivity contribution in [2.45, 2.75) is 32.4 Å². The summed E-state index contributed by atoms with van der Waals surface area (Å²) < 4.78 is 0. The molecule has 0 bridgehead atoms. The van der Waals surface area contributed by atoms with Gasteiger partial charge in [0.05, 0.1) is 18.7 Å². The highest BCUT2D eigenvalue weighted by Crippen LogP contribution is 2.18. The van der Waals surface area contributed by atoms with Gasteiger partial charge in [-0.1, -0.05) is 6.92 Å². The maximum Gasteiger partial charge on any atom is 0.137 e. The van der Waals surface area contributed by atoms with Crippen molar-refractivity contribution in [3.63, 3.8) is 0 Å². The summed E-state index contributed by atoms with van der Waals surface area (Å²) in [6, 6.07) is 2.14. The Morgan fingerprint density at radius 3 is 3.00 bits per heavy atom. The molecule has 1 fully saturated rings. The van der Waals surface area contributed by atoms with Crippen LogP contribution in [-0.4, -0.2) is 23.8 Å². The zero-order chi connectivity index (χ0) is 7.56. The number of nitriles is 1. The lowest BCUT2D eigenvalue weighted by Crippen LogP contribution is -2.12. The number of hydrogen-bond donors (Lipinski definition) is 0. The summed E-state index contributed by atoms with van der Waals surface area (Å²) in [6.45, 7) is 4.85. The highest BCUT2D eigenvalue weighted by molar-refractivity contribution is 5.01. The Bertz CT molecular complexity index is 152. The fourth-order valence-electron chi connectivity index (χ4n) is 0.651. The highest BCUT2D eigenvalue weighted by Gasteiger charge is 2.36. The van der Waals surface area contributed by atoms with E-state index in [0.717, 1.165) is 13.0 Å². The fraction of sp³-hybridized carbons (Fsp3) is 0.857. The largest absolute Gasteiger partial charge is 0.295 e. The maximum atomic E-state index is 8.39. The van der Waals surface area contributed by atoms with Crippen LogP contribution in [0.2, 0.25) is 0 Å².